The fraction of sp³-hybridized carbons (Fsp3) is 0.375. The molecule has 5 heteroatoms. The van der Waals surface area contributed by atoms with Crippen LogP contribution in [-0.2, 0) is 9.59 Å². The van der Waals surface area contributed by atoms with Gasteiger partial charge in [0, 0.05) is 11.8 Å². The molecule has 1 amide bonds. The minimum absolute atomic E-state index is 0.0199. The van der Waals surface area contributed by atoms with Gasteiger partial charge in [0.25, 0.3) is 0 Å². The molecule has 0 saturated heterocycles. The van der Waals surface area contributed by atoms with Crippen LogP contribution in [0.5, 0.6) is 5.75 Å². The first kappa shape index (κ1) is 13.7. The maximum Gasteiger partial charge on any atom is 0.307 e. The normalized spacial score (nSPS) is 29.4. The molecule has 0 radical (unpaired) electrons. The van der Waals surface area contributed by atoms with Crippen molar-refractivity contribution in [3.63, 3.8) is 0 Å². The molecule has 5 nitrogen and oxygen atoms in total. The molecule has 1 aromatic rings. The van der Waals surface area contributed by atoms with Crippen molar-refractivity contribution in [1.29, 1.82) is 0 Å². The number of allylic oxidation sites excluding steroid dienone is 2. The second-order valence-corrected chi connectivity index (χ2v) is 5.56. The van der Waals surface area contributed by atoms with E-state index in [9.17, 15) is 14.7 Å². The highest BCUT2D eigenvalue weighted by molar-refractivity contribution is 5.96. The molecule has 21 heavy (non-hydrogen) atoms. The lowest BCUT2D eigenvalue weighted by Crippen LogP contribution is -2.36. The molecule has 110 valence electrons. The molecule has 1 saturated carbocycles. The number of carboxylic acids is 1. The molecule has 2 aliphatic rings. The molecule has 0 aliphatic heterocycles. The van der Waals surface area contributed by atoms with Gasteiger partial charge in [-0.1, -0.05) is 18.2 Å². The number of methoxy groups -OCH3 is 1. The van der Waals surface area contributed by atoms with Gasteiger partial charge in [-0.15, -0.1) is 0 Å². The summed E-state index contributed by atoms with van der Waals surface area (Å²) < 4.78 is 5.11. The van der Waals surface area contributed by atoms with E-state index in [1.54, 1.807) is 31.4 Å². The Balaban J connectivity index is 1.78. The number of amides is 1. The predicted molar refractivity (Wildman–Crippen MR) is 77.0 cm³/mol. The number of carbonyl (C=O) groups is 2. The Hall–Kier alpha value is -2.30. The highest BCUT2D eigenvalue weighted by atomic mass is 16.5. The standard InChI is InChI=1S/C16H17NO4/c1-21-12-4-2-3-11(8-12)17-15(18)13-9-5-6-10(7-9)14(13)16(19)20/h2-6,8-10,13-14H,7H2,1H3,(H,17,18)(H,19,20)/t9-,10-,13-,14+/m0/s1. The summed E-state index contributed by atoms with van der Waals surface area (Å²) in [5.41, 5.74) is 0.621. The largest absolute Gasteiger partial charge is 0.497 e. The molecule has 2 aliphatic carbocycles. The van der Waals surface area contributed by atoms with Crippen LogP contribution in [0.15, 0.2) is 36.4 Å². The smallest absolute Gasteiger partial charge is 0.307 e. The summed E-state index contributed by atoms with van der Waals surface area (Å²) in [6, 6.07) is 7.05. The average Bonchev–Trinajstić information content (AvgIpc) is 3.07. The van der Waals surface area contributed by atoms with Gasteiger partial charge in [-0.25, -0.2) is 0 Å². The third kappa shape index (κ3) is 2.39. The van der Waals surface area contributed by atoms with Crippen molar-refractivity contribution in [1.82, 2.24) is 0 Å². The average molecular weight is 287 g/mol. The number of anilines is 1. The van der Waals surface area contributed by atoms with E-state index in [0.717, 1.165) is 6.42 Å². The Morgan fingerprint density at radius 3 is 2.62 bits per heavy atom. The summed E-state index contributed by atoms with van der Waals surface area (Å²) in [7, 11) is 1.56. The van der Waals surface area contributed by atoms with Crippen LogP contribution in [0.3, 0.4) is 0 Å². The molecule has 0 spiro atoms. The van der Waals surface area contributed by atoms with Gasteiger partial charge in [-0.2, -0.15) is 0 Å². The zero-order valence-electron chi connectivity index (χ0n) is 11.7. The van der Waals surface area contributed by atoms with Crippen LogP contribution < -0.4 is 10.1 Å². The topological polar surface area (TPSA) is 75.6 Å². The number of carbonyl (C=O) groups excluding carboxylic acids is 1. The van der Waals surface area contributed by atoms with E-state index < -0.39 is 17.8 Å². The summed E-state index contributed by atoms with van der Waals surface area (Å²) in [6.07, 6.45) is 4.66. The minimum Gasteiger partial charge on any atom is -0.497 e. The van der Waals surface area contributed by atoms with Crippen molar-refractivity contribution in [2.45, 2.75) is 6.42 Å². The maximum absolute atomic E-state index is 12.5. The van der Waals surface area contributed by atoms with Gasteiger partial charge in [0.2, 0.25) is 5.91 Å². The van der Waals surface area contributed by atoms with Crippen molar-refractivity contribution in [3.05, 3.63) is 36.4 Å². The number of carboxylic acid groups (broad SMARTS) is 1. The van der Waals surface area contributed by atoms with Gasteiger partial charge >= 0.3 is 5.97 Å². The van der Waals surface area contributed by atoms with Crippen molar-refractivity contribution in [2.75, 3.05) is 12.4 Å². The Kier molecular flexibility index (Phi) is 3.41. The van der Waals surface area contributed by atoms with E-state index in [2.05, 4.69) is 5.32 Å². The van der Waals surface area contributed by atoms with Gasteiger partial charge in [-0.3, -0.25) is 9.59 Å². The Bertz CT molecular complexity index is 610. The molecule has 3 rings (SSSR count). The summed E-state index contributed by atoms with van der Waals surface area (Å²) >= 11 is 0. The Morgan fingerprint density at radius 1 is 1.24 bits per heavy atom. The number of hydrogen-bond acceptors (Lipinski definition) is 3. The molecule has 2 N–H and O–H groups in total. The van der Waals surface area contributed by atoms with Crippen molar-refractivity contribution < 1.29 is 19.4 Å². The van der Waals surface area contributed by atoms with Crippen molar-refractivity contribution in [2.24, 2.45) is 23.7 Å². The van der Waals surface area contributed by atoms with Crippen LogP contribution in [0, 0.1) is 23.7 Å². The van der Waals surface area contributed by atoms with Gasteiger partial charge in [-0.05, 0) is 30.4 Å². The van der Waals surface area contributed by atoms with Crippen LogP contribution in [0.1, 0.15) is 6.42 Å². The lowest BCUT2D eigenvalue weighted by atomic mass is 9.82. The number of nitrogens with one attached hydrogen (secondary N) is 1. The molecule has 2 bridgehead atoms. The molecule has 0 unspecified atom stereocenters. The number of benzene rings is 1. The third-order valence-electron chi connectivity index (χ3n) is 4.38. The SMILES string of the molecule is COc1cccc(NC(=O)[C@@H]2[C@H](C(=O)O)[C@H]3C=C[C@H]2C3)c1. The van der Waals surface area contributed by atoms with Crippen LogP contribution in [-0.4, -0.2) is 24.1 Å². The molecule has 1 aromatic carbocycles. The number of fused-ring (bicyclic) bond motifs is 2. The van der Waals surface area contributed by atoms with E-state index in [4.69, 9.17) is 4.74 Å². The van der Waals surface area contributed by atoms with Crippen molar-refractivity contribution >= 4 is 17.6 Å². The number of rotatable bonds is 4. The van der Waals surface area contributed by atoms with Crippen LogP contribution in [0.25, 0.3) is 0 Å². The van der Waals surface area contributed by atoms with Crippen LogP contribution >= 0.6 is 0 Å². The van der Waals surface area contributed by atoms with Crippen molar-refractivity contribution in [3.8, 4) is 5.75 Å². The van der Waals surface area contributed by atoms with Gasteiger partial charge < -0.3 is 15.2 Å². The van der Waals surface area contributed by atoms with E-state index in [1.165, 1.54) is 0 Å². The zero-order valence-corrected chi connectivity index (χ0v) is 11.7. The van der Waals surface area contributed by atoms with E-state index in [0.29, 0.717) is 11.4 Å². The van der Waals surface area contributed by atoms with Gasteiger partial charge in [0.15, 0.2) is 0 Å². The molecule has 0 aromatic heterocycles. The lowest BCUT2D eigenvalue weighted by Gasteiger charge is -2.23. The summed E-state index contributed by atoms with van der Waals surface area (Å²) in [6.45, 7) is 0. The molecule has 1 fully saturated rings. The first-order valence-corrected chi connectivity index (χ1v) is 6.96. The fourth-order valence-electron chi connectivity index (χ4n) is 3.44. The highest BCUT2D eigenvalue weighted by Gasteiger charge is 2.51. The molecule has 4 atom stereocenters. The fourth-order valence-corrected chi connectivity index (χ4v) is 3.44. The first-order valence-electron chi connectivity index (χ1n) is 6.96. The molecular formula is C16H17NO4. The Morgan fingerprint density at radius 2 is 1.95 bits per heavy atom. The summed E-state index contributed by atoms with van der Waals surface area (Å²) in [5.74, 6) is -1.58. The van der Waals surface area contributed by atoms with Gasteiger partial charge in [0.05, 0.1) is 18.9 Å². The van der Waals surface area contributed by atoms with Gasteiger partial charge in [0.1, 0.15) is 5.75 Å². The maximum atomic E-state index is 12.5. The molecule has 0 heterocycles. The Labute approximate surface area is 122 Å². The van der Waals surface area contributed by atoms with E-state index in [-0.39, 0.29) is 17.7 Å². The quantitative estimate of drug-likeness (QED) is 0.832. The number of aliphatic carboxylic acids is 1. The van der Waals surface area contributed by atoms with E-state index >= 15 is 0 Å². The minimum atomic E-state index is -0.891. The number of ether oxygens (including phenoxy) is 1. The summed E-state index contributed by atoms with van der Waals surface area (Å²) in [4.78, 5) is 23.9. The zero-order chi connectivity index (χ0) is 15.0. The second-order valence-electron chi connectivity index (χ2n) is 5.56. The second kappa shape index (κ2) is 5.24. The third-order valence-corrected chi connectivity index (χ3v) is 4.38. The highest BCUT2D eigenvalue weighted by Crippen LogP contribution is 2.48. The summed E-state index contributed by atoms with van der Waals surface area (Å²) in [5, 5.41) is 12.2. The van der Waals surface area contributed by atoms with Crippen LogP contribution in [0.4, 0.5) is 5.69 Å². The first-order chi connectivity index (χ1) is 10.1. The predicted octanol–water partition coefficient (Wildman–Crippen LogP) is 2.16. The van der Waals surface area contributed by atoms with E-state index in [1.807, 2.05) is 12.2 Å². The lowest BCUT2D eigenvalue weighted by molar-refractivity contribution is -0.146. The molecular weight excluding hydrogens is 270 g/mol. The number of hydrogen-bond donors (Lipinski definition) is 2. The monoisotopic (exact) mass is 287 g/mol. The van der Waals surface area contributed by atoms with Crippen LogP contribution in [0.2, 0.25) is 0 Å².